The molecule has 0 spiro atoms. The third-order valence-electron chi connectivity index (χ3n) is 5.91. The van der Waals surface area contributed by atoms with Crippen LogP contribution in [0.3, 0.4) is 0 Å². The number of ether oxygens (including phenoxy) is 1. The largest absolute Gasteiger partial charge is 0.480 e. The van der Waals surface area contributed by atoms with Crippen LogP contribution in [0.1, 0.15) is 18.8 Å². The van der Waals surface area contributed by atoms with E-state index in [9.17, 15) is 4.39 Å². The Kier molecular flexibility index (Phi) is 4.94. The predicted molar refractivity (Wildman–Crippen MR) is 129 cm³/mol. The Balaban J connectivity index is 1.22. The van der Waals surface area contributed by atoms with Gasteiger partial charge in [0.05, 0.1) is 17.6 Å². The van der Waals surface area contributed by atoms with E-state index in [4.69, 9.17) is 4.74 Å². The number of anilines is 2. The van der Waals surface area contributed by atoms with Crippen molar-refractivity contribution in [3.05, 3.63) is 78.8 Å². The summed E-state index contributed by atoms with van der Waals surface area (Å²) >= 11 is 0. The minimum absolute atomic E-state index is 0.192. The zero-order valence-corrected chi connectivity index (χ0v) is 19.0. The van der Waals surface area contributed by atoms with Gasteiger partial charge in [-0.1, -0.05) is 12.1 Å². The molecule has 11 heteroatoms. The van der Waals surface area contributed by atoms with Crippen molar-refractivity contribution in [3.8, 4) is 17.0 Å². The van der Waals surface area contributed by atoms with Gasteiger partial charge in [0.15, 0.2) is 29.7 Å². The van der Waals surface area contributed by atoms with Gasteiger partial charge in [-0.2, -0.15) is 10.2 Å². The first kappa shape index (κ1) is 20.9. The van der Waals surface area contributed by atoms with Gasteiger partial charge in [0.1, 0.15) is 5.82 Å². The molecule has 2 aliphatic rings. The summed E-state index contributed by atoms with van der Waals surface area (Å²) in [5.41, 5.74) is 5.87. The molecule has 0 bridgehead atoms. The van der Waals surface area contributed by atoms with E-state index < -0.39 is 11.9 Å². The van der Waals surface area contributed by atoms with E-state index in [0.29, 0.717) is 11.8 Å². The SMILES string of the molecule is C[C@H](Oc1ccccc1F)C1=NNC2c3cc(-c4ccnc(Nc5ccnn5C)n4)cn3C=CN12. The van der Waals surface area contributed by atoms with Crippen LogP contribution in [-0.4, -0.2) is 41.2 Å². The molecule has 0 saturated carbocycles. The number of benzene rings is 1. The van der Waals surface area contributed by atoms with Gasteiger partial charge in [-0.25, -0.2) is 14.4 Å². The average molecular weight is 472 g/mol. The minimum Gasteiger partial charge on any atom is -0.480 e. The van der Waals surface area contributed by atoms with E-state index in [2.05, 4.69) is 37.0 Å². The van der Waals surface area contributed by atoms with Gasteiger partial charge in [-0.3, -0.25) is 10.1 Å². The molecule has 10 nitrogen and oxygen atoms in total. The number of nitrogens with zero attached hydrogens (tertiary/aromatic N) is 7. The second kappa shape index (κ2) is 8.28. The highest BCUT2D eigenvalue weighted by Gasteiger charge is 2.35. The lowest BCUT2D eigenvalue weighted by Crippen LogP contribution is -2.38. The van der Waals surface area contributed by atoms with Crippen LogP contribution in [0, 0.1) is 5.82 Å². The van der Waals surface area contributed by atoms with Crippen molar-refractivity contribution in [1.82, 2.24) is 34.6 Å². The Labute approximate surface area is 200 Å². The zero-order valence-electron chi connectivity index (χ0n) is 19.0. The molecule has 0 saturated heterocycles. The van der Waals surface area contributed by atoms with Crippen LogP contribution in [0.25, 0.3) is 17.5 Å². The molecular formula is C24H22FN9O. The van der Waals surface area contributed by atoms with E-state index in [1.807, 2.05) is 54.2 Å². The molecule has 0 fully saturated rings. The van der Waals surface area contributed by atoms with E-state index >= 15 is 0 Å². The predicted octanol–water partition coefficient (Wildman–Crippen LogP) is 3.69. The second-order valence-electron chi connectivity index (χ2n) is 8.19. The standard InChI is InChI=1S/C24H22FN9O/c1-15(35-20-6-4-3-5-17(20)25)22-30-31-23-19-13-16(14-33(19)11-12-34(22)23)18-7-9-26-24(28-18)29-21-8-10-27-32(21)2/h3-15,23,31H,1-2H3,(H,26,28,29)/t15-,23?/m0/s1. The number of amidine groups is 1. The van der Waals surface area contributed by atoms with Crippen LogP contribution in [0.4, 0.5) is 16.2 Å². The van der Waals surface area contributed by atoms with E-state index in [1.54, 1.807) is 35.3 Å². The molecule has 4 aromatic rings. The van der Waals surface area contributed by atoms with Gasteiger partial charge in [-0.05, 0) is 31.2 Å². The van der Waals surface area contributed by atoms with Crippen molar-refractivity contribution in [3.63, 3.8) is 0 Å². The topological polar surface area (TPSA) is 97.4 Å². The normalized spacial score (nSPS) is 16.8. The second-order valence-corrected chi connectivity index (χ2v) is 8.19. The lowest BCUT2D eigenvalue weighted by Gasteiger charge is -2.29. The summed E-state index contributed by atoms with van der Waals surface area (Å²) in [6, 6.07) is 12.1. The molecule has 35 heavy (non-hydrogen) atoms. The van der Waals surface area contributed by atoms with Crippen LogP contribution in [-0.2, 0) is 7.05 Å². The Morgan fingerprint density at radius 2 is 2.03 bits per heavy atom. The van der Waals surface area contributed by atoms with Crippen LogP contribution >= 0.6 is 0 Å². The van der Waals surface area contributed by atoms with Gasteiger partial charge in [-0.15, -0.1) is 0 Å². The van der Waals surface area contributed by atoms with Crippen LogP contribution in [0.2, 0.25) is 0 Å². The number of aromatic nitrogens is 5. The first-order valence-electron chi connectivity index (χ1n) is 11.1. The molecule has 2 aliphatic heterocycles. The van der Waals surface area contributed by atoms with Gasteiger partial charge < -0.3 is 19.5 Å². The summed E-state index contributed by atoms with van der Waals surface area (Å²) in [5, 5.41) is 11.8. The molecule has 6 rings (SSSR count). The van der Waals surface area contributed by atoms with Gasteiger partial charge in [0.2, 0.25) is 5.95 Å². The first-order chi connectivity index (χ1) is 17.1. The Bertz CT molecular complexity index is 1460. The highest BCUT2D eigenvalue weighted by molar-refractivity contribution is 5.89. The Hall–Kier alpha value is -4.67. The fourth-order valence-electron chi connectivity index (χ4n) is 4.15. The summed E-state index contributed by atoms with van der Waals surface area (Å²) in [6.45, 7) is 1.85. The highest BCUT2D eigenvalue weighted by atomic mass is 19.1. The number of fused-ring (bicyclic) bond motifs is 3. The molecule has 3 aromatic heterocycles. The summed E-state index contributed by atoms with van der Waals surface area (Å²) in [7, 11) is 1.85. The first-order valence-corrected chi connectivity index (χ1v) is 11.1. The third kappa shape index (κ3) is 3.76. The summed E-state index contributed by atoms with van der Waals surface area (Å²) < 4.78 is 23.6. The number of para-hydroxylation sites is 1. The van der Waals surface area contributed by atoms with Crippen molar-refractivity contribution in [1.29, 1.82) is 0 Å². The molecule has 2 N–H and O–H groups in total. The van der Waals surface area contributed by atoms with Crippen molar-refractivity contribution in [2.45, 2.75) is 19.2 Å². The lowest BCUT2D eigenvalue weighted by molar-refractivity contribution is 0.253. The monoisotopic (exact) mass is 471 g/mol. The number of hydrogen-bond donors (Lipinski definition) is 2. The van der Waals surface area contributed by atoms with Crippen LogP contribution in [0.15, 0.2) is 72.4 Å². The Morgan fingerprint density at radius 3 is 2.86 bits per heavy atom. The molecule has 0 amide bonds. The lowest BCUT2D eigenvalue weighted by atomic mass is 10.2. The van der Waals surface area contributed by atoms with Gasteiger partial charge in [0, 0.05) is 43.5 Å². The number of hydrogen-bond acceptors (Lipinski definition) is 8. The van der Waals surface area contributed by atoms with E-state index in [0.717, 1.165) is 22.8 Å². The smallest absolute Gasteiger partial charge is 0.228 e. The molecular weight excluding hydrogens is 449 g/mol. The van der Waals surface area contributed by atoms with Crippen molar-refractivity contribution in [2.75, 3.05) is 5.32 Å². The molecule has 1 unspecified atom stereocenters. The number of nitrogens with one attached hydrogen (secondary N) is 2. The number of halogens is 1. The number of aryl methyl sites for hydroxylation is 1. The van der Waals surface area contributed by atoms with Crippen molar-refractivity contribution >= 4 is 23.8 Å². The Morgan fingerprint density at radius 1 is 1.14 bits per heavy atom. The van der Waals surface area contributed by atoms with Crippen LogP contribution < -0.4 is 15.5 Å². The molecule has 0 aliphatic carbocycles. The molecule has 1 aromatic carbocycles. The molecule has 2 atom stereocenters. The fraction of sp³-hybridized carbons (Fsp3) is 0.167. The summed E-state index contributed by atoms with van der Waals surface area (Å²) in [5.74, 6) is 1.72. The van der Waals surface area contributed by atoms with Gasteiger partial charge >= 0.3 is 0 Å². The van der Waals surface area contributed by atoms with Crippen molar-refractivity contribution < 1.29 is 9.13 Å². The van der Waals surface area contributed by atoms with Gasteiger partial charge in [0.25, 0.3) is 0 Å². The maximum absolute atomic E-state index is 14.1. The zero-order chi connectivity index (χ0) is 23.9. The van der Waals surface area contributed by atoms with Crippen molar-refractivity contribution in [2.24, 2.45) is 12.1 Å². The van der Waals surface area contributed by atoms with E-state index in [1.165, 1.54) is 6.07 Å². The van der Waals surface area contributed by atoms with E-state index in [-0.39, 0.29) is 11.9 Å². The maximum Gasteiger partial charge on any atom is 0.228 e. The highest BCUT2D eigenvalue weighted by Crippen LogP contribution is 2.33. The number of rotatable bonds is 6. The number of hydrazone groups is 1. The quantitative estimate of drug-likeness (QED) is 0.443. The molecule has 0 radical (unpaired) electrons. The summed E-state index contributed by atoms with van der Waals surface area (Å²) in [4.78, 5) is 11.0. The molecule has 5 heterocycles. The minimum atomic E-state index is -0.461. The average Bonchev–Trinajstić information content (AvgIpc) is 3.58. The molecule has 176 valence electrons. The fourth-order valence-corrected chi connectivity index (χ4v) is 4.15. The van der Waals surface area contributed by atoms with Crippen LogP contribution in [0.5, 0.6) is 5.75 Å². The third-order valence-corrected chi connectivity index (χ3v) is 5.91. The summed E-state index contributed by atoms with van der Waals surface area (Å²) in [6.07, 6.45) is 8.64. The maximum atomic E-state index is 14.1.